The number of anilines is 2. The van der Waals surface area contributed by atoms with Crippen molar-refractivity contribution in [1.29, 1.82) is 0 Å². The zero-order valence-corrected chi connectivity index (χ0v) is 8.59. The van der Waals surface area contributed by atoms with Crippen LogP contribution >= 0.6 is 0 Å². The fourth-order valence-corrected chi connectivity index (χ4v) is 1.82. The molecule has 0 aromatic heterocycles. The molecule has 0 saturated heterocycles. The fraction of sp³-hybridized carbons (Fsp3) is 0.455. The molecule has 76 valence electrons. The van der Waals surface area contributed by atoms with Crippen molar-refractivity contribution >= 4 is 11.4 Å². The van der Waals surface area contributed by atoms with Gasteiger partial charge in [0.1, 0.15) is 0 Å². The molecule has 0 spiro atoms. The Bertz CT molecular complexity index is 298. The molecule has 0 atom stereocenters. The Morgan fingerprint density at radius 2 is 2.29 bits per heavy atom. The Labute approximate surface area is 85.1 Å². The summed E-state index contributed by atoms with van der Waals surface area (Å²) < 4.78 is 0. The van der Waals surface area contributed by atoms with Gasteiger partial charge in [0.15, 0.2) is 0 Å². The molecule has 0 radical (unpaired) electrons. The largest absolute Gasteiger partial charge is 0.382 e. The van der Waals surface area contributed by atoms with Crippen LogP contribution in [0.25, 0.3) is 0 Å². The number of likely N-dealkylation sites (N-methyl/N-ethyl adjacent to an activating group) is 1. The van der Waals surface area contributed by atoms with E-state index in [0.717, 1.165) is 26.2 Å². The molecular weight excluding hydrogens is 174 g/mol. The van der Waals surface area contributed by atoms with Gasteiger partial charge in [0, 0.05) is 26.2 Å². The number of hydrogen-bond donors (Lipinski definition) is 2. The van der Waals surface area contributed by atoms with Crippen LogP contribution in [-0.2, 0) is 0 Å². The summed E-state index contributed by atoms with van der Waals surface area (Å²) in [4.78, 5) is 2.42. The van der Waals surface area contributed by atoms with E-state index in [0.29, 0.717) is 0 Å². The van der Waals surface area contributed by atoms with Gasteiger partial charge in [0.05, 0.1) is 11.4 Å². The van der Waals surface area contributed by atoms with Gasteiger partial charge < -0.3 is 15.5 Å². The summed E-state index contributed by atoms with van der Waals surface area (Å²) in [5, 5.41) is 6.59. The van der Waals surface area contributed by atoms with E-state index in [9.17, 15) is 0 Å². The molecule has 14 heavy (non-hydrogen) atoms. The van der Waals surface area contributed by atoms with Crippen molar-refractivity contribution in [1.82, 2.24) is 5.32 Å². The van der Waals surface area contributed by atoms with Crippen LogP contribution in [0.3, 0.4) is 0 Å². The average Bonchev–Trinajstić information content (AvgIpc) is 2.26. The quantitative estimate of drug-likeness (QED) is 0.750. The van der Waals surface area contributed by atoms with Crippen LogP contribution in [-0.4, -0.2) is 33.2 Å². The van der Waals surface area contributed by atoms with E-state index < -0.39 is 0 Å². The fourth-order valence-electron chi connectivity index (χ4n) is 1.82. The minimum absolute atomic E-state index is 1.04. The van der Waals surface area contributed by atoms with E-state index in [-0.39, 0.29) is 0 Å². The van der Waals surface area contributed by atoms with E-state index in [1.807, 2.05) is 7.05 Å². The summed E-state index contributed by atoms with van der Waals surface area (Å²) in [7, 11) is 1.99. The van der Waals surface area contributed by atoms with Crippen LogP contribution in [0.15, 0.2) is 24.3 Å². The maximum atomic E-state index is 3.41. The number of fused-ring (bicyclic) bond motifs is 1. The van der Waals surface area contributed by atoms with Gasteiger partial charge in [-0.25, -0.2) is 0 Å². The van der Waals surface area contributed by atoms with E-state index in [2.05, 4.69) is 39.8 Å². The second-order valence-electron chi connectivity index (χ2n) is 3.53. The molecule has 2 rings (SSSR count). The van der Waals surface area contributed by atoms with Crippen LogP contribution in [0.4, 0.5) is 11.4 Å². The van der Waals surface area contributed by atoms with E-state index in [1.54, 1.807) is 0 Å². The second kappa shape index (κ2) is 4.33. The molecule has 1 aliphatic rings. The van der Waals surface area contributed by atoms with Crippen LogP contribution in [0.1, 0.15) is 0 Å². The average molecular weight is 191 g/mol. The Balaban J connectivity index is 2.14. The summed E-state index contributed by atoms with van der Waals surface area (Å²) >= 11 is 0. The monoisotopic (exact) mass is 191 g/mol. The number of hydrogen-bond acceptors (Lipinski definition) is 3. The summed E-state index contributed by atoms with van der Waals surface area (Å²) in [5.41, 5.74) is 2.59. The van der Waals surface area contributed by atoms with Crippen molar-refractivity contribution in [3.8, 4) is 0 Å². The molecule has 0 aliphatic carbocycles. The minimum Gasteiger partial charge on any atom is -0.382 e. The molecule has 1 aromatic carbocycles. The van der Waals surface area contributed by atoms with Gasteiger partial charge >= 0.3 is 0 Å². The second-order valence-corrected chi connectivity index (χ2v) is 3.53. The van der Waals surface area contributed by atoms with E-state index in [1.165, 1.54) is 11.4 Å². The standard InChI is InChI=1S/C11H17N3/c1-12-6-8-14-9-7-13-10-4-2-3-5-11(10)14/h2-5,12-13H,6-9H2,1H3. The molecular formula is C11H17N3. The van der Waals surface area contributed by atoms with Crippen LogP contribution < -0.4 is 15.5 Å². The first-order chi connectivity index (χ1) is 6.92. The van der Waals surface area contributed by atoms with Crippen LogP contribution in [0.2, 0.25) is 0 Å². The van der Waals surface area contributed by atoms with Gasteiger partial charge in [-0.05, 0) is 19.2 Å². The molecule has 0 saturated carbocycles. The highest BCUT2D eigenvalue weighted by Gasteiger charge is 2.14. The molecule has 3 heteroatoms. The number of nitrogens with zero attached hydrogens (tertiary/aromatic N) is 1. The summed E-state index contributed by atoms with van der Waals surface area (Å²) in [6.07, 6.45) is 0. The highest BCUT2D eigenvalue weighted by atomic mass is 15.2. The van der Waals surface area contributed by atoms with Gasteiger partial charge in [-0.2, -0.15) is 0 Å². The van der Waals surface area contributed by atoms with E-state index >= 15 is 0 Å². The molecule has 0 unspecified atom stereocenters. The third kappa shape index (κ3) is 1.82. The van der Waals surface area contributed by atoms with Gasteiger partial charge in [-0.1, -0.05) is 12.1 Å². The minimum atomic E-state index is 1.04. The first-order valence-corrected chi connectivity index (χ1v) is 5.14. The van der Waals surface area contributed by atoms with Crippen molar-refractivity contribution in [3.63, 3.8) is 0 Å². The summed E-state index contributed by atoms with van der Waals surface area (Å²) in [5.74, 6) is 0. The maximum absolute atomic E-state index is 3.41. The smallest absolute Gasteiger partial charge is 0.0603 e. The molecule has 3 nitrogen and oxygen atoms in total. The third-order valence-corrected chi connectivity index (χ3v) is 2.57. The Morgan fingerprint density at radius 1 is 1.43 bits per heavy atom. The van der Waals surface area contributed by atoms with Crippen molar-refractivity contribution in [2.75, 3.05) is 43.4 Å². The number of para-hydroxylation sites is 2. The maximum Gasteiger partial charge on any atom is 0.0603 e. The lowest BCUT2D eigenvalue weighted by Gasteiger charge is -2.31. The van der Waals surface area contributed by atoms with Crippen molar-refractivity contribution in [2.24, 2.45) is 0 Å². The van der Waals surface area contributed by atoms with Gasteiger partial charge in [0.25, 0.3) is 0 Å². The van der Waals surface area contributed by atoms with Gasteiger partial charge in [-0.15, -0.1) is 0 Å². The number of benzene rings is 1. The molecule has 1 aromatic rings. The van der Waals surface area contributed by atoms with Crippen molar-refractivity contribution in [3.05, 3.63) is 24.3 Å². The molecule has 1 heterocycles. The van der Waals surface area contributed by atoms with E-state index in [4.69, 9.17) is 0 Å². The molecule has 2 N–H and O–H groups in total. The molecule has 0 bridgehead atoms. The lowest BCUT2D eigenvalue weighted by Crippen LogP contribution is -2.37. The topological polar surface area (TPSA) is 27.3 Å². The molecule has 1 aliphatic heterocycles. The first kappa shape index (κ1) is 9.34. The number of nitrogens with one attached hydrogen (secondary N) is 2. The zero-order chi connectivity index (χ0) is 9.80. The highest BCUT2D eigenvalue weighted by molar-refractivity contribution is 5.71. The predicted molar refractivity (Wildman–Crippen MR) is 61.1 cm³/mol. The van der Waals surface area contributed by atoms with Crippen molar-refractivity contribution in [2.45, 2.75) is 0 Å². The predicted octanol–water partition coefficient (Wildman–Crippen LogP) is 1.14. The lowest BCUT2D eigenvalue weighted by atomic mass is 10.2. The highest BCUT2D eigenvalue weighted by Crippen LogP contribution is 2.27. The normalized spacial score (nSPS) is 14.8. The lowest BCUT2D eigenvalue weighted by molar-refractivity contribution is 0.719. The summed E-state index contributed by atoms with van der Waals surface area (Å²) in [6.45, 7) is 4.25. The number of rotatable bonds is 3. The first-order valence-electron chi connectivity index (χ1n) is 5.14. The zero-order valence-electron chi connectivity index (χ0n) is 8.59. The van der Waals surface area contributed by atoms with Crippen LogP contribution in [0.5, 0.6) is 0 Å². The Morgan fingerprint density at radius 3 is 3.14 bits per heavy atom. The van der Waals surface area contributed by atoms with Gasteiger partial charge in [0.2, 0.25) is 0 Å². The van der Waals surface area contributed by atoms with Crippen LogP contribution in [0, 0.1) is 0 Å². The third-order valence-electron chi connectivity index (χ3n) is 2.57. The SMILES string of the molecule is CNCCN1CCNc2ccccc21. The van der Waals surface area contributed by atoms with Crippen molar-refractivity contribution < 1.29 is 0 Å². The Kier molecular flexibility index (Phi) is 2.89. The van der Waals surface area contributed by atoms with Gasteiger partial charge in [-0.3, -0.25) is 0 Å². The molecule has 0 fully saturated rings. The Hall–Kier alpha value is -1.22. The summed E-state index contributed by atoms with van der Waals surface area (Å²) in [6, 6.07) is 8.49. The molecule has 0 amide bonds.